The minimum absolute atomic E-state index is 0.272. The Morgan fingerprint density at radius 2 is 2.40 bits per heavy atom. The lowest BCUT2D eigenvalue weighted by Gasteiger charge is -2.24. The van der Waals surface area contributed by atoms with Crippen molar-refractivity contribution in [2.24, 2.45) is 5.92 Å². The van der Waals surface area contributed by atoms with E-state index in [0.717, 1.165) is 39.0 Å². The predicted octanol–water partition coefficient (Wildman–Crippen LogP) is 1.55. The summed E-state index contributed by atoms with van der Waals surface area (Å²) < 4.78 is 5.41. The van der Waals surface area contributed by atoms with E-state index in [1.54, 1.807) is 0 Å². The number of hydrogen-bond acceptors (Lipinski definition) is 3. The van der Waals surface area contributed by atoms with Crippen LogP contribution in [-0.2, 0) is 4.74 Å². The molecule has 0 bridgehead atoms. The van der Waals surface area contributed by atoms with Gasteiger partial charge in [-0.25, -0.2) is 0 Å². The van der Waals surface area contributed by atoms with Crippen LogP contribution in [0.5, 0.6) is 0 Å². The Hall–Kier alpha value is -0.120. The fourth-order valence-electron chi connectivity index (χ4n) is 2.04. The van der Waals surface area contributed by atoms with Gasteiger partial charge in [-0.2, -0.15) is 0 Å². The van der Waals surface area contributed by atoms with Crippen LogP contribution in [0.25, 0.3) is 0 Å². The van der Waals surface area contributed by atoms with Crippen molar-refractivity contribution in [3.63, 3.8) is 0 Å². The number of nitrogens with one attached hydrogen (secondary N) is 1. The molecule has 1 fully saturated rings. The van der Waals surface area contributed by atoms with Crippen molar-refractivity contribution in [2.75, 3.05) is 26.3 Å². The van der Waals surface area contributed by atoms with Crippen LogP contribution in [0.1, 0.15) is 39.0 Å². The first kappa shape index (κ1) is 12.9. The molecular weight excluding hydrogens is 190 g/mol. The van der Waals surface area contributed by atoms with E-state index < -0.39 is 0 Å². The van der Waals surface area contributed by atoms with Crippen molar-refractivity contribution in [1.29, 1.82) is 0 Å². The van der Waals surface area contributed by atoms with Gasteiger partial charge >= 0.3 is 0 Å². The fourth-order valence-corrected chi connectivity index (χ4v) is 2.04. The highest BCUT2D eigenvalue weighted by molar-refractivity contribution is 4.72. The summed E-state index contributed by atoms with van der Waals surface area (Å²) in [4.78, 5) is 0. The molecule has 1 rings (SSSR count). The van der Waals surface area contributed by atoms with Gasteiger partial charge in [-0.05, 0) is 44.7 Å². The molecule has 0 aromatic carbocycles. The molecule has 2 N–H and O–H groups in total. The number of ether oxygens (including phenoxy) is 1. The summed E-state index contributed by atoms with van der Waals surface area (Å²) in [5, 5.41) is 13.1. The third kappa shape index (κ3) is 6.13. The summed E-state index contributed by atoms with van der Waals surface area (Å²) >= 11 is 0. The molecule has 15 heavy (non-hydrogen) atoms. The summed E-state index contributed by atoms with van der Waals surface area (Å²) in [5.74, 6) is 0.642. The molecule has 0 aliphatic carbocycles. The van der Waals surface area contributed by atoms with E-state index in [2.05, 4.69) is 12.2 Å². The van der Waals surface area contributed by atoms with Crippen LogP contribution in [0.3, 0.4) is 0 Å². The largest absolute Gasteiger partial charge is 0.391 e. The third-order valence-corrected chi connectivity index (χ3v) is 2.96. The molecule has 2 atom stereocenters. The van der Waals surface area contributed by atoms with Gasteiger partial charge in [0.1, 0.15) is 0 Å². The molecule has 3 nitrogen and oxygen atoms in total. The molecule has 1 heterocycles. The highest BCUT2D eigenvalue weighted by atomic mass is 16.5. The standard InChI is InChI=1S/C12H25NO2/c1-2-3-7-15-10-12(14)8-11-5-4-6-13-9-11/h11-14H,2-10H2,1H3. The number of aliphatic hydroxyl groups is 1. The van der Waals surface area contributed by atoms with Crippen molar-refractivity contribution >= 4 is 0 Å². The first-order valence-electron chi connectivity index (χ1n) is 6.29. The molecule has 1 aliphatic rings. The van der Waals surface area contributed by atoms with Gasteiger partial charge in [-0.1, -0.05) is 13.3 Å². The van der Waals surface area contributed by atoms with Crippen LogP contribution < -0.4 is 5.32 Å². The minimum Gasteiger partial charge on any atom is -0.391 e. The zero-order chi connectivity index (χ0) is 10.9. The molecule has 0 radical (unpaired) electrons. The monoisotopic (exact) mass is 215 g/mol. The summed E-state index contributed by atoms with van der Waals surface area (Å²) in [6.07, 6.45) is 5.36. The number of aliphatic hydroxyl groups excluding tert-OH is 1. The van der Waals surface area contributed by atoms with Crippen LogP contribution in [0.4, 0.5) is 0 Å². The predicted molar refractivity (Wildman–Crippen MR) is 61.9 cm³/mol. The van der Waals surface area contributed by atoms with Crippen LogP contribution in [-0.4, -0.2) is 37.5 Å². The van der Waals surface area contributed by atoms with Gasteiger partial charge in [0.15, 0.2) is 0 Å². The Bertz CT molecular complexity index is 147. The minimum atomic E-state index is -0.272. The normalized spacial score (nSPS) is 24.0. The first-order chi connectivity index (χ1) is 7.33. The van der Waals surface area contributed by atoms with Crippen LogP contribution >= 0.6 is 0 Å². The topological polar surface area (TPSA) is 41.5 Å². The molecule has 0 saturated carbocycles. The second kappa shape index (κ2) is 8.08. The van der Waals surface area contributed by atoms with Crippen molar-refractivity contribution < 1.29 is 9.84 Å². The van der Waals surface area contributed by atoms with E-state index >= 15 is 0 Å². The van der Waals surface area contributed by atoms with Gasteiger partial charge < -0.3 is 15.2 Å². The summed E-state index contributed by atoms with van der Waals surface area (Å²) in [6, 6.07) is 0. The Morgan fingerprint density at radius 3 is 3.07 bits per heavy atom. The Labute approximate surface area is 93.2 Å². The average Bonchev–Trinajstić information content (AvgIpc) is 2.26. The molecule has 1 saturated heterocycles. The zero-order valence-electron chi connectivity index (χ0n) is 9.87. The van der Waals surface area contributed by atoms with E-state index in [1.807, 2.05) is 0 Å². The molecule has 3 heteroatoms. The van der Waals surface area contributed by atoms with Gasteiger partial charge in [0.2, 0.25) is 0 Å². The van der Waals surface area contributed by atoms with Crippen molar-refractivity contribution in [1.82, 2.24) is 5.32 Å². The number of piperidine rings is 1. The number of unbranched alkanes of at least 4 members (excludes halogenated alkanes) is 1. The van der Waals surface area contributed by atoms with Gasteiger partial charge in [0.05, 0.1) is 12.7 Å². The van der Waals surface area contributed by atoms with Crippen molar-refractivity contribution in [3.05, 3.63) is 0 Å². The fraction of sp³-hybridized carbons (Fsp3) is 1.00. The molecule has 0 spiro atoms. The van der Waals surface area contributed by atoms with E-state index in [0.29, 0.717) is 12.5 Å². The van der Waals surface area contributed by atoms with E-state index in [4.69, 9.17) is 4.74 Å². The Morgan fingerprint density at radius 1 is 1.53 bits per heavy atom. The lowest BCUT2D eigenvalue weighted by atomic mass is 9.94. The highest BCUT2D eigenvalue weighted by Crippen LogP contribution is 2.16. The third-order valence-electron chi connectivity index (χ3n) is 2.96. The molecule has 0 aromatic rings. The van der Waals surface area contributed by atoms with Gasteiger partial charge in [0, 0.05) is 6.61 Å². The molecule has 90 valence electrons. The molecule has 0 amide bonds. The van der Waals surface area contributed by atoms with Crippen molar-refractivity contribution in [3.8, 4) is 0 Å². The van der Waals surface area contributed by atoms with Crippen LogP contribution in [0.2, 0.25) is 0 Å². The number of rotatable bonds is 7. The van der Waals surface area contributed by atoms with Gasteiger partial charge in [0.25, 0.3) is 0 Å². The summed E-state index contributed by atoms with van der Waals surface area (Å²) in [5.41, 5.74) is 0. The first-order valence-corrected chi connectivity index (χ1v) is 6.29. The lowest BCUT2D eigenvalue weighted by molar-refractivity contribution is 0.0212. The zero-order valence-corrected chi connectivity index (χ0v) is 9.87. The molecule has 2 unspecified atom stereocenters. The number of hydrogen-bond donors (Lipinski definition) is 2. The summed E-state index contributed by atoms with van der Waals surface area (Å²) in [6.45, 7) is 5.64. The second-order valence-electron chi connectivity index (χ2n) is 4.53. The smallest absolute Gasteiger partial charge is 0.0776 e. The Balaban J connectivity index is 1.98. The van der Waals surface area contributed by atoms with E-state index in [9.17, 15) is 5.11 Å². The van der Waals surface area contributed by atoms with E-state index in [1.165, 1.54) is 12.8 Å². The van der Waals surface area contributed by atoms with Crippen LogP contribution in [0, 0.1) is 5.92 Å². The SMILES string of the molecule is CCCCOCC(O)CC1CCCNC1. The quantitative estimate of drug-likeness (QED) is 0.633. The van der Waals surface area contributed by atoms with Crippen molar-refractivity contribution in [2.45, 2.75) is 45.1 Å². The maximum Gasteiger partial charge on any atom is 0.0776 e. The maximum absolute atomic E-state index is 9.75. The highest BCUT2D eigenvalue weighted by Gasteiger charge is 2.16. The van der Waals surface area contributed by atoms with E-state index in [-0.39, 0.29) is 6.10 Å². The maximum atomic E-state index is 9.75. The lowest BCUT2D eigenvalue weighted by Crippen LogP contribution is -2.32. The second-order valence-corrected chi connectivity index (χ2v) is 4.53. The molecular formula is C12H25NO2. The molecule has 1 aliphatic heterocycles. The van der Waals surface area contributed by atoms with Gasteiger partial charge in [-0.15, -0.1) is 0 Å². The summed E-state index contributed by atoms with van der Waals surface area (Å²) in [7, 11) is 0. The Kier molecular flexibility index (Phi) is 6.98. The van der Waals surface area contributed by atoms with Crippen LogP contribution in [0.15, 0.2) is 0 Å². The van der Waals surface area contributed by atoms with Gasteiger partial charge in [-0.3, -0.25) is 0 Å². The molecule has 0 aromatic heterocycles. The average molecular weight is 215 g/mol.